The average Bonchev–Trinajstić information content (AvgIpc) is 2.50. The van der Waals surface area contributed by atoms with Gasteiger partial charge in [0.25, 0.3) is 5.56 Å². The molecule has 0 fully saturated rings. The molecule has 2 rings (SSSR count). The Morgan fingerprint density at radius 1 is 1.17 bits per heavy atom. The first kappa shape index (κ1) is 17.7. The molecule has 2 heterocycles. The summed E-state index contributed by atoms with van der Waals surface area (Å²) in [6, 6.07) is 0. The second-order valence-electron chi connectivity index (χ2n) is 5.79. The zero-order chi connectivity index (χ0) is 17.1. The predicted octanol–water partition coefficient (Wildman–Crippen LogP) is 0.964. The molecular weight excluding hydrogens is 316 g/mol. The molecule has 0 bridgehead atoms. The van der Waals surface area contributed by atoms with Gasteiger partial charge in [-0.05, 0) is 5.92 Å². The smallest absolute Gasteiger partial charge is 0.332 e. The van der Waals surface area contributed by atoms with Crippen LogP contribution < -0.4 is 11.2 Å². The highest BCUT2D eigenvalue weighted by Gasteiger charge is 2.17. The Balaban J connectivity index is 2.72. The molecule has 0 unspecified atom stereocenters. The number of methoxy groups -OCH3 is 1. The SMILES string of the molecule is COCCSc1nc(CC(C)C)nc2c1c(=O)n(C)c(=O)n2C. The number of rotatable bonds is 6. The Morgan fingerprint density at radius 3 is 2.48 bits per heavy atom. The third kappa shape index (κ3) is 3.64. The number of ether oxygens (including phenoxy) is 1. The molecule has 0 atom stereocenters. The van der Waals surface area contributed by atoms with Gasteiger partial charge in [0.1, 0.15) is 16.2 Å². The van der Waals surface area contributed by atoms with Crippen LogP contribution in [0.5, 0.6) is 0 Å². The number of hydrogen-bond acceptors (Lipinski definition) is 6. The Labute approximate surface area is 138 Å². The molecule has 7 nitrogen and oxygen atoms in total. The van der Waals surface area contributed by atoms with Crippen LogP contribution in [0.1, 0.15) is 19.7 Å². The fourth-order valence-corrected chi connectivity index (χ4v) is 3.19. The molecule has 8 heteroatoms. The minimum atomic E-state index is -0.385. The summed E-state index contributed by atoms with van der Waals surface area (Å²) in [6.45, 7) is 4.71. The number of aryl methyl sites for hydroxylation is 1. The molecule has 2 aromatic heterocycles. The van der Waals surface area contributed by atoms with E-state index < -0.39 is 0 Å². The van der Waals surface area contributed by atoms with E-state index in [2.05, 4.69) is 23.8 Å². The highest BCUT2D eigenvalue weighted by Crippen LogP contribution is 2.22. The van der Waals surface area contributed by atoms with Crippen molar-refractivity contribution in [3.63, 3.8) is 0 Å². The van der Waals surface area contributed by atoms with Gasteiger partial charge in [-0.15, -0.1) is 11.8 Å². The Hall–Kier alpha value is -1.67. The van der Waals surface area contributed by atoms with Gasteiger partial charge >= 0.3 is 5.69 Å². The van der Waals surface area contributed by atoms with Crippen LogP contribution in [0.3, 0.4) is 0 Å². The second-order valence-corrected chi connectivity index (χ2v) is 6.87. The highest BCUT2D eigenvalue weighted by atomic mass is 32.2. The zero-order valence-electron chi connectivity index (χ0n) is 14.1. The first-order valence-corrected chi connectivity index (χ1v) is 8.43. The molecule has 0 saturated carbocycles. The molecule has 0 aliphatic heterocycles. The molecule has 0 aromatic carbocycles. The average molecular weight is 338 g/mol. The highest BCUT2D eigenvalue weighted by molar-refractivity contribution is 7.99. The van der Waals surface area contributed by atoms with Crippen molar-refractivity contribution in [2.75, 3.05) is 19.5 Å². The summed E-state index contributed by atoms with van der Waals surface area (Å²) in [7, 11) is 4.72. The molecule has 0 radical (unpaired) electrons. The van der Waals surface area contributed by atoms with Gasteiger partial charge in [-0.3, -0.25) is 13.9 Å². The summed E-state index contributed by atoms with van der Waals surface area (Å²) in [5.74, 6) is 1.71. The number of thioether (sulfide) groups is 1. The van der Waals surface area contributed by atoms with Gasteiger partial charge in [0.15, 0.2) is 5.65 Å². The lowest BCUT2D eigenvalue weighted by atomic mass is 10.1. The first-order valence-electron chi connectivity index (χ1n) is 7.45. The standard InChI is InChI=1S/C15H22N4O3S/c1-9(2)8-10-16-12-11(13(17-10)23-7-6-22-5)14(20)19(4)15(21)18(12)3/h9H,6-8H2,1-5H3. The van der Waals surface area contributed by atoms with Crippen molar-refractivity contribution >= 4 is 22.8 Å². The quantitative estimate of drug-likeness (QED) is 0.443. The summed E-state index contributed by atoms with van der Waals surface area (Å²) in [5.41, 5.74) is -0.354. The molecule has 0 aliphatic rings. The summed E-state index contributed by atoms with van der Waals surface area (Å²) in [5, 5.41) is 1.00. The summed E-state index contributed by atoms with van der Waals surface area (Å²) >= 11 is 1.45. The maximum Gasteiger partial charge on any atom is 0.332 e. The van der Waals surface area contributed by atoms with E-state index in [1.54, 1.807) is 14.2 Å². The lowest BCUT2D eigenvalue weighted by Crippen LogP contribution is -2.38. The summed E-state index contributed by atoms with van der Waals surface area (Å²) < 4.78 is 7.56. The van der Waals surface area contributed by atoms with E-state index in [0.717, 1.165) is 4.57 Å². The van der Waals surface area contributed by atoms with Crippen LogP contribution in [0.15, 0.2) is 14.6 Å². The molecule has 2 aromatic rings. The molecular formula is C15H22N4O3S. The van der Waals surface area contributed by atoms with Crippen LogP contribution in [0.25, 0.3) is 11.0 Å². The maximum atomic E-state index is 12.5. The third-order valence-corrected chi connectivity index (χ3v) is 4.37. The minimum Gasteiger partial charge on any atom is -0.384 e. The van der Waals surface area contributed by atoms with E-state index >= 15 is 0 Å². The van der Waals surface area contributed by atoms with Crippen molar-refractivity contribution in [1.29, 1.82) is 0 Å². The Kier molecular flexibility index (Phi) is 5.59. The zero-order valence-corrected chi connectivity index (χ0v) is 14.9. The topological polar surface area (TPSA) is 79.0 Å². The molecule has 0 aliphatic carbocycles. The normalized spacial score (nSPS) is 11.6. The van der Waals surface area contributed by atoms with E-state index in [-0.39, 0.29) is 11.2 Å². The van der Waals surface area contributed by atoms with Crippen LogP contribution >= 0.6 is 11.8 Å². The maximum absolute atomic E-state index is 12.5. The van der Waals surface area contributed by atoms with Gasteiger partial charge in [0, 0.05) is 33.4 Å². The van der Waals surface area contributed by atoms with Crippen molar-refractivity contribution in [3.8, 4) is 0 Å². The van der Waals surface area contributed by atoms with Crippen LogP contribution in [-0.4, -0.2) is 38.6 Å². The Morgan fingerprint density at radius 2 is 1.87 bits per heavy atom. The fraction of sp³-hybridized carbons (Fsp3) is 0.600. The van der Waals surface area contributed by atoms with Crippen molar-refractivity contribution in [2.24, 2.45) is 20.0 Å². The number of aromatic nitrogens is 4. The van der Waals surface area contributed by atoms with E-state index in [1.165, 1.54) is 23.4 Å². The van der Waals surface area contributed by atoms with Crippen molar-refractivity contribution in [1.82, 2.24) is 19.1 Å². The van der Waals surface area contributed by atoms with Crippen LogP contribution in [0, 0.1) is 5.92 Å². The van der Waals surface area contributed by atoms with Crippen LogP contribution in [0.4, 0.5) is 0 Å². The molecule has 23 heavy (non-hydrogen) atoms. The van der Waals surface area contributed by atoms with E-state index in [4.69, 9.17) is 4.74 Å². The van der Waals surface area contributed by atoms with E-state index in [1.807, 2.05) is 0 Å². The van der Waals surface area contributed by atoms with E-state index in [9.17, 15) is 9.59 Å². The van der Waals surface area contributed by atoms with Crippen molar-refractivity contribution in [3.05, 3.63) is 26.7 Å². The van der Waals surface area contributed by atoms with Crippen molar-refractivity contribution < 1.29 is 4.74 Å². The summed E-state index contributed by atoms with van der Waals surface area (Å²) in [6.07, 6.45) is 0.692. The van der Waals surface area contributed by atoms with E-state index in [0.29, 0.717) is 46.6 Å². The first-order chi connectivity index (χ1) is 10.9. The van der Waals surface area contributed by atoms with Crippen LogP contribution in [-0.2, 0) is 25.3 Å². The van der Waals surface area contributed by atoms with Gasteiger partial charge in [0.2, 0.25) is 0 Å². The molecule has 0 saturated heterocycles. The second kappa shape index (κ2) is 7.27. The molecule has 0 amide bonds. The summed E-state index contributed by atoms with van der Waals surface area (Å²) in [4.78, 5) is 33.7. The molecule has 126 valence electrons. The predicted molar refractivity (Wildman–Crippen MR) is 91.2 cm³/mol. The fourth-order valence-electron chi connectivity index (χ4n) is 2.25. The molecule has 0 spiro atoms. The lowest BCUT2D eigenvalue weighted by Gasteiger charge is -2.12. The van der Waals surface area contributed by atoms with Gasteiger partial charge in [0.05, 0.1) is 6.61 Å². The van der Waals surface area contributed by atoms with Gasteiger partial charge in [-0.2, -0.15) is 0 Å². The number of nitrogens with zero attached hydrogens (tertiary/aromatic N) is 4. The number of hydrogen-bond donors (Lipinski definition) is 0. The Bertz CT molecular complexity index is 826. The molecule has 0 N–H and O–H groups in total. The number of fused-ring (bicyclic) bond motifs is 1. The van der Waals surface area contributed by atoms with Gasteiger partial charge < -0.3 is 4.74 Å². The monoisotopic (exact) mass is 338 g/mol. The minimum absolute atomic E-state index is 0.362. The van der Waals surface area contributed by atoms with Crippen molar-refractivity contribution in [2.45, 2.75) is 25.3 Å². The van der Waals surface area contributed by atoms with Gasteiger partial charge in [-0.1, -0.05) is 13.8 Å². The lowest BCUT2D eigenvalue weighted by molar-refractivity contribution is 0.218. The largest absolute Gasteiger partial charge is 0.384 e. The van der Waals surface area contributed by atoms with Gasteiger partial charge in [-0.25, -0.2) is 14.8 Å². The van der Waals surface area contributed by atoms with Crippen LogP contribution in [0.2, 0.25) is 0 Å². The third-order valence-electron chi connectivity index (χ3n) is 3.43.